The Balaban J connectivity index is 2.44. The Morgan fingerprint density at radius 2 is 2.22 bits per heavy atom. The molecule has 1 aromatic carbocycles. The number of aliphatic hydroxyl groups is 1. The summed E-state index contributed by atoms with van der Waals surface area (Å²) >= 11 is 5.99. The SMILES string of the molecule is CCCC(O)CNC(=O)Nc1ccc(C)cc1Cl. The Morgan fingerprint density at radius 3 is 2.83 bits per heavy atom. The molecule has 0 saturated heterocycles. The molecule has 0 fully saturated rings. The van der Waals surface area contributed by atoms with Gasteiger partial charge in [-0.3, -0.25) is 0 Å². The highest BCUT2D eigenvalue weighted by atomic mass is 35.5. The molecule has 0 saturated carbocycles. The molecule has 0 spiro atoms. The number of benzene rings is 1. The van der Waals surface area contributed by atoms with E-state index in [1.54, 1.807) is 12.1 Å². The first-order chi connectivity index (χ1) is 8.52. The van der Waals surface area contributed by atoms with Crippen LogP contribution in [0.3, 0.4) is 0 Å². The van der Waals surface area contributed by atoms with E-state index in [1.165, 1.54) is 0 Å². The molecule has 0 aliphatic heterocycles. The fourth-order valence-corrected chi connectivity index (χ4v) is 1.82. The van der Waals surface area contributed by atoms with Gasteiger partial charge in [0, 0.05) is 6.54 Å². The fourth-order valence-electron chi connectivity index (χ4n) is 1.53. The van der Waals surface area contributed by atoms with Crippen molar-refractivity contribution >= 4 is 23.3 Å². The third-order valence-corrected chi connectivity index (χ3v) is 2.81. The number of carbonyl (C=O) groups excluding carboxylic acids is 1. The molecule has 1 rings (SSSR count). The highest BCUT2D eigenvalue weighted by molar-refractivity contribution is 6.33. The first-order valence-corrected chi connectivity index (χ1v) is 6.39. The van der Waals surface area contributed by atoms with Crippen LogP contribution in [0.2, 0.25) is 5.02 Å². The van der Waals surface area contributed by atoms with E-state index in [9.17, 15) is 9.90 Å². The first kappa shape index (κ1) is 14.8. The number of hydrogen-bond acceptors (Lipinski definition) is 2. The number of urea groups is 1. The maximum Gasteiger partial charge on any atom is 0.319 e. The number of aliphatic hydroxyl groups excluding tert-OH is 1. The molecule has 100 valence electrons. The summed E-state index contributed by atoms with van der Waals surface area (Å²) in [5.41, 5.74) is 1.59. The van der Waals surface area contributed by atoms with E-state index in [-0.39, 0.29) is 12.6 Å². The lowest BCUT2D eigenvalue weighted by Gasteiger charge is -2.12. The molecule has 0 aromatic heterocycles. The van der Waals surface area contributed by atoms with Crippen LogP contribution in [0.5, 0.6) is 0 Å². The molecule has 4 nitrogen and oxygen atoms in total. The topological polar surface area (TPSA) is 61.4 Å². The van der Waals surface area contributed by atoms with Gasteiger partial charge < -0.3 is 15.7 Å². The molecule has 1 aromatic rings. The van der Waals surface area contributed by atoms with Gasteiger partial charge in [-0.2, -0.15) is 0 Å². The Bertz CT molecular complexity index is 410. The first-order valence-electron chi connectivity index (χ1n) is 6.02. The Hall–Kier alpha value is -1.26. The minimum Gasteiger partial charge on any atom is -0.391 e. The number of halogens is 1. The van der Waals surface area contributed by atoms with Crippen molar-refractivity contribution in [3.8, 4) is 0 Å². The Kier molecular flexibility index (Phi) is 5.95. The molecule has 0 bridgehead atoms. The lowest BCUT2D eigenvalue weighted by Crippen LogP contribution is -2.35. The fraction of sp³-hybridized carbons (Fsp3) is 0.462. The van der Waals surface area contributed by atoms with Crippen LogP contribution >= 0.6 is 11.6 Å². The summed E-state index contributed by atoms with van der Waals surface area (Å²) in [6.45, 7) is 4.15. The number of carbonyl (C=O) groups is 1. The van der Waals surface area contributed by atoms with Crippen LogP contribution in [0.4, 0.5) is 10.5 Å². The molecule has 0 aliphatic carbocycles. The van der Waals surface area contributed by atoms with E-state index in [4.69, 9.17) is 11.6 Å². The van der Waals surface area contributed by atoms with Crippen LogP contribution in [0.25, 0.3) is 0 Å². The minimum atomic E-state index is -0.505. The maximum atomic E-state index is 11.6. The van der Waals surface area contributed by atoms with Crippen LogP contribution in [-0.2, 0) is 0 Å². The highest BCUT2D eigenvalue weighted by Crippen LogP contribution is 2.22. The number of nitrogens with one attached hydrogen (secondary N) is 2. The minimum absolute atomic E-state index is 0.239. The molecular weight excluding hydrogens is 252 g/mol. The number of anilines is 1. The van der Waals surface area contributed by atoms with E-state index < -0.39 is 6.10 Å². The standard InChI is InChI=1S/C13H19ClN2O2/c1-3-4-10(17)8-15-13(18)16-12-6-5-9(2)7-11(12)14/h5-7,10,17H,3-4,8H2,1-2H3,(H2,15,16,18). The zero-order chi connectivity index (χ0) is 13.5. The second kappa shape index (κ2) is 7.24. The van der Waals surface area contributed by atoms with Crippen LogP contribution in [0, 0.1) is 6.92 Å². The second-order valence-corrected chi connectivity index (χ2v) is 4.67. The maximum absolute atomic E-state index is 11.6. The van der Waals surface area contributed by atoms with Crippen molar-refractivity contribution in [3.63, 3.8) is 0 Å². The van der Waals surface area contributed by atoms with Gasteiger partial charge in [0.1, 0.15) is 0 Å². The van der Waals surface area contributed by atoms with E-state index in [2.05, 4.69) is 10.6 Å². The van der Waals surface area contributed by atoms with Crippen molar-refractivity contribution in [1.29, 1.82) is 0 Å². The highest BCUT2D eigenvalue weighted by Gasteiger charge is 2.08. The largest absolute Gasteiger partial charge is 0.391 e. The molecular formula is C13H19ClN2O2. The van der Waals surface area contributed by atoms with E-state index in [0.29, 0.717) is 17.1 Å². The van der Waals surface area contributed by atoms with E-state index in [0.717, 1.165) is 12.0 Å². The van der Waals surface area contributed by atoms with Gasteiger partial charge >= 0.3 is 6.03 Å². The lowest BCUT2D eigenvalue weighted by atomic mass is 10.2. The Labute approximate surface area is 112 Å². The van der Waals surface area contributed by atoms with Gasteiger partial charge in [-0.25, -0.2) is 4.79 Å². The molecule has 2 amide bonds. The van der Waals surface area contributed by atoms with Crippen molar-refractivity contribution in [2.45, 2.75) is 32.8 Å². The molecule has 0 aliphatic rings. The number of aryl methyl sites for hydroxylation is 1. The smallest absolute Gasteiger partial charge is 0.319 e. The molecule has 18 heavy (non-hydrogen) atoms. The zero-order valence-corrected chi connectivity index (χ0v) is 11.4. The van der Waals surface area contributed by atoms with Crippen molar-refractivity contribution in [2.24, 2.45) is 0 Å². The molecule has 3 N–H and O–H groups in total. The average molecular weight is 271 g/mol. The molecule has 1 unspecified atom stereocenters. The third-order valence-electron chi connectivity index (χ3n) is 2.49. The van der Waals surface area contributed by atoms with Crippen molar-refractivity contribution in [1.82, 2.24) is 5.32 Å². The van der Waals surface area contributed by atoms with Crippen molar-refractivity contribution in [3.05, 3.63) is 28.8 Å². The number of rotatable bonds is 5. The van der Waals surface area contributed by atoms with Gasteiger partial charge in [0.05, 0.1) is 16.8 Å². The van der Waals surface area contributed by atoms with Gasteiger partial charge in [-0.1, -0.05) is 31.0 Å². The Morgan fingerprint density at radius 1 is 1.50 bits per heavy atom. The number of hydrogen-bond donors (Lipinski definition) is 3. The third kappa shape index (κ3) is 4.94. The van der Waals surface area contributed by atoms with Crippen LogP contribution < -0.4 is 10.6 Å². The van der Waals surface area contributed by atoms with Crippen LogP contribution in [0.15, 0.2) is 18.2 Å². The summed E-state index contributed by atoms with van der Waals surface area (Å²) in [7, 11) is 0. The molecule has 5 heteroatoms. The van der Waals surface area contributed by atoms with Crippen LogP contribution in [-0.4, -0.2) is 23.8 Å². The molecule has 0 heterocycles. The number of amides is 2. The lowest BCUT2D eigenvalue weighted by molar-refractivity contribution is 0.162. The van der Waals surface area contributed by atoms with Gasteiger partial charge in [0.2, 0.25) is 0 Å². The van der Waals surface area contributed by atoms with E-state index in [1.807, 2.05) is 19.9 Å². The van der Waals surface area contributed by atoms with E-state index >= 15 is 0 Å². The van der Waals surface area contributed by atoms with Gasteiger partial charge in [0.15, 0.2) is 0 Å². The van der Waals surface area contributed by atoms with Crippen LogP contribution in [0.1, 0.15) is 25.3 Å². The van der Waals surface area contributed by atoms with Gasteiger partial charge in [-0.15, -0.1) is 0 Å². The molecule has 0 radical (unpaired) electrons. The summed E-state index contributed by atoms with van der Waals surface area (Å²) in [6, 6.07) is 5.03. The summed E-state index contributed by atoms with van der Waals surface area (Å²) in [5.74, 6) is 0. The summed E-state index contributed by atoms with van der Waals surface area (Å²) in [6.07, 6.45) is 1.05. The second-order valence-electron chi connectivity index (χ2n) is 4.26. The monoisotopic (exact) mass is 270 g/mol. The summed E-state index contributed by atoms with van der Waals surface area (Å²) in [4.78, 5) is 11.6. The summed E-state index contributed by atoms with van der Waals surface area (Å²) in [5, 5.41) is 15.2. The zero-order valence-electron chi connectivity index (χ0n) is 10.7. The quantitative estimate of drug-likeness (QED) is 0.770. The van der Waals surface area contributed by atoms with Gasteiger partial charge in [-0.05, 0) is 31.0 Å². The van der Waals surface area contributed by atoms with Gasteiger partial charge in [0.25, 0.3) is 0 Å². The van der Waals surface area contributed by atoms with Crippen molar-refractivity contribution in [2.75, 3.05) is 11.9 Å². The predicted molar refractivity (Wildman–Crippen MR) is 74.1 cm³/mol. The normalized spacial score (nSPS) is 12.0. The average Bonchev–Trinajstić information content (AvgIpc) is 2.31. The summed E-state index contributed by atoms with van der Waals surface area (Å²) < 4.78 is 0. The van der Waals surface area contributed by atoms with Crippen molar-refractivity contribution < 1.29 is 9.90 Å². The molecule has 1 atom stereocenters. The predicted octanol–water partition coefficient (Wildman–Crippen LogP) is 2.93.